The zero-order valence-corrected chi connectivity index (χ0v) is 14.6. The van der Waals surface area contributed by atoms with Gasteiger partial charge in [0.15, 0.2) is 5.11 Å². The average molecular weight is 379 g/mol. The number of anilines is 1. The predicted octanol–water partition coefficient (Wildman–Crippen LogP) is 4.53. The number of para-hydroxylation sites is 1. The van der Waals surface area contributed by atoms with Gasteiger partial charge in [-0.1, -0.05) is 40.5 Å². The molecule has 3 rings (SSSR count). The lowest BCUT2D eigenvalue weighted by molar-refractivity contribution is 0.376. The molecule has 0 saturated heterocycles. The van der Waals surface area contributed by atoms with E-state index in [2.05, 4.69) is 20.8 Å². The maximum atomic E-state index is 6.07. The van der Waals surface area contributed by atoms with Gasteiger partial charge in [0.2, 0.25) is 11.7 Å². The molecule has 2 aromatic carbocycles. The zero-order chi connectivity index (χ0) is 16.9. The van der Waals surface area contributed by atoms with Crippen molar-refractivity contribution in [2.75, 3.05) is 5.32 Å². The van der Waals surface area contributed by atoms with Crippen LogP contribution in [-0.2, 0) is 6.54 Å². The summed E-state index contributed by atoms with van der Waals surface area (Å²) in [5.41, 5.74) is 1.55. The van der Waals surface area contributed by atoms with E-state index >= 15 is 0 Å². The van der Waals surface area contributed by atoms with E-state index in [0.29, 0.717) is 33.4 Å². The van der Waals surface area contributed by atoms with Gasteiger partial charge >= 0.3 is 0 Å². The van der Waals surface area contributed by atoms with E-state index in [1.165, 1.54) is 0 Å². The van der Waals surface area contributed by atoms with Crippen LogP contribution in [0.15, 0.2) is 53.1 Å². The van der Waals surface area contributed by atoms with Crippen molar-refractivity contribution < 1.29 is 4.52 Å². The Morgan fingerprint density at radius 1 is 1.08 bits per heavy atom. The Balaban J connectivity index is 1.58. The van der Waals surface area contributed by atoms with Crippen molar-refractivity contribution >= 4 is 46.2 Å². The second-order valence-corrected chi connectivity index (χ2v) is 6.06. The second kappa shape index (κ2) is 7.61. The quantitative estimate of drug-likeness (QED) is 0.650. The third kappa shape index (κ3) is 4.23. The average Bonchev–Trinajstić information content (AvgIpc) is 3.05. The van der Waals surface area contributed by atoms with Crippen molar-refractivity contribution in [2.24, 2.45) is 0 Å². The fourth-order valence-electron chi connectivity index (χ4n) is 1.93. The van der Waals surface area contributed by atoms with E-state index in [-0.39, 0.29) is 0 Å². The van der Waals surface area contributed by atoms with Crippen molar-refractivity contribution in [2.45, 2.75) is 6.54 Å². The van der Waals surface area contributed by atoms with E-state index in [1.54, 1.807) is 18.2 Å². The van der Waals surface area contributed by atoms with Gasteiger partial charge in [0.1, 0.15) is 0 Å². The Morgan fingerprint density at radius 3 is 2.58 bits per heavy atom. The molecule has 1 aromatic heterocycles. The summed E-state index contributed by atoms with van der Waals surface area (Å²) in [6.45, 7) is 0.302. The van der Waals surface area contributed by atoms with Crippen LogP contribution >= 0.6 is 35.4 Å². The molecule has 0 unspecified atom stereocenters. The van der Waals surface area contributed by atoms with Crippen LogP contribution in [0.3, 0.4) is 0 Å². The van der Waals surface area contributed by atoms with Gasteiger partial charge in [0.05, 0.1) is 17.3 Å². The largest absolute Gasteiger partial charge is 0.353 e. The van der Waals surface area contributed by atoms with E-state index in [4.69, 9.17) is 39.9 Å². The van der Waals surface area contributed by atoms with Crippen molar-refractivity contribution in [1.29, 1.82) is 0 Å². The van der Waals surface area contributed by atoms with E-state index in [9.17, 15) is 0 Å². The summed E-state index contributed by atoms with van der Waals surface area (Å²) in [6.07, 6.45) is 0. The first-order chi connectivity index (χ1) is 11.6. The number of halogens is 2. The zero-order valence-electron chi connectivity index (χ0n) is 12.3. The van der Waals surface area contributed by atoms with Gasteiger partial charge in [-0.25, -0.2) is 0 Å². The lowest BCUT2D eigenvalue weighted by atomic mass is 10.2. The fraction of sp³-hybridized carbons (Fsp3) is 0.0625. The molecule has 0 amide bonds. The minimum Gasteiger partial charge on any atom is -0.353 e. The van der Waals surface area contributed by atoms with Crippen LogP contribution in [0.5, 0.6) is 0 Å². The maximum Gasteiger partial charge on any atom is 0.246 e. The van der Waals surface area contributed by atoms with Gasteiger partial charge in [-0.15, -0.1) is 0 Å². The smallest absolute Gasteiger partial charge is 0.246 e. The number of hydrogen-bond acceptors (Lipinski definition) is 4. The Hall–Kier alpha value is -2.15. The monoisotopic (exact) mass is 378 g/mol. The summed E-state index contributed by atoms with van der Waals surface area (Å²) in [7, 11) is 0. The highest BCUT2D eigenvalue weighted by Gasteiger charge is 2.09. The van der Waals surface area contributed by atoms with Crippen molar-refractivity contribution in [3.05, 3.63) is 64.5 Å². The molecule has 0 fully saturated rings. The molecule has 8 heteroatoms. The van der Waals surface area contributed by atoms with Crippen LogP contribution in [0.2, 0.25) is 10.0 Å². The van der Waals surface area contributed by atoms with Gasteiger partial charge in [0, 0.05) is 10.6 Å². The normalized spacial score (nSPS) is 10.4. The predicted molar refractivity (Wildman–Crippen MR) is 99.3 cm³/mol. The Kier molecular flexibility index (Phi) is 5.30. The summed E-state index contributed by atoms with van der Waals surface area (Å²) >= 11 is 17.2. The molecule has 0 radical (unpaired) electrons. The first kappa shape index (κ1) is 16.7. The second-order valence-electron chi connectivity index (χ2n) is 4.81. The minimum atomic E-state index is 0.302. The Labute approximate surface area is 154 Å². The molecule has 1 heterocycles. The first-order valence-electron chi connectivity index (χ1n) is 7.00. The van der Waals surface area contributed by atoms with Gasteiger partial charge in [-0.2, -0.15) is 4.98 Å². The highest BCUT2D eigenvalue weighted by molar-refractivity contribution is 7.80. The van der Waals surface area contributed by atoms with Crippen LogP contribution in [0, 0.1) is 0 Å². The minimum absolute atomic E-state index is 0.302. The Morgan fingerprint density at radius 2 is 1.83 bits per heavy atom. The summed E-state index contributed by atoms with van der Waals surface area (Å²) in [5.74, 6) is 0.914. The standard InChI is InChI=1S/C16H12Cl2N4OS/c17-11-7-5-10(6-8-11)15-21-14(23-22-15)9-19-16(24)20-13-4-2-1-3-12(13)18/h1-8H,9H2,(H2,19,20,24). The molecular formula is C16H12Cl2N4OS. The number of thiocarbonyl (C=S) groups is 1. The van der Waals surface area contributed by atoms with Gasteiger partial charge in [-0.05, 0) is 48.6 Å². The van der Waals surface area contributed by atoms with Crippen molar-refractivity contribution in [3.8, 4) is 11.4 Å². The number of rotatable bonds is 4. The summed E-state index contributed by atoms with van der Waals surface area (Å²) in [4.78, 5) is 4.31. The van der Waals surface area contributed by atoms with Crippen LogP contribution in [0.1, 0.15) is 5.89 Å². The van der Waals surface area contributed by atoms with Crippen LogP contribution < -0.4 is 10.6 Å². The third-order valence-electron chi connectivity index (χ3n) is 3.09. The summed E-state index contributed by atoms with van der Waals surface area (Å²) < 4.78 is 5.20. The third-order valence-corrected chi connectivity index (χ3v) is 3.92. The molecule has 0 atom stereocenters. The number of nitrogens with one attached hydrogen (secondary N) is 2. The van der Waals surface area contributed by atoms with E-state index in [0.717, 1.165) is 11.3 Å². The molecule has 0 bridgehead atoms. The van der Waals surface area contributed by atoms with Crippen LogP contribution in [-0.4, -0.2) is 15.3 Å². The number of aromatic nitrogens is 2. The Bertz CT molecular complexity index is 851. The van der Waals surface area contributed by atoms with Gasteiger partial charge in [0.25, 0.3) is 0 Å². The maximum absolute atomic E-state index is 6.07. The first-order valence-corrected chi connectivity index (χ1v) is 8.16. The van der Waals surface area contributed by atoms with E-state index < -0.39 is 0 Å². The highest BCUT2D eigenvalue weighted by atomic mass is 35.5. The number of benzene rings is 2. The SMILES string of the molecule is S=C(NCc1nc(-c2ccc(Cl)cc2)no1)Nc1ccccc1Cl. The van der Waals surface area contributed by atoms with E-state index in [1.807, 2.05) is 30.3 Å². The van der Waals surface area contributed by atoms with Crippen molar-refractivity contribution in [3.63, 3.8) is 0 Å². The molecule has 2 N–H and O–H groups in total. The molecule has 122 valence electrons. The lowest BCUT2D eigenvalue weighted by Gasteiger charge is -2.09. The van der Waals surface area contributed by atoms with Gasteiger partial charge < -0.3 is 15.2 Å². The molecule has 24 heavy (non-hydrogen) atoms. The van der Waals surface area contributed by atoms with Gasteiger partial charge in [-0.3, -0.25) is 0 Å². The fourth-order valence-corrected chi connectivity index (χ4v) is 2.42. The van der Waals surface area contributed by atoms with Crippen molar-refractivity contribution in [1.82, 2.24) is 15.5 Å². The highest BCUT2D eigenvalue weighted by Crippen LogP contribution is 2.20. The van der Waals surface area contributed by atoms with Crippen LogP contribution in [0.4, 0.5) is 5.69 Å². The molecule has 0 spiro atoms. The molecule has 0 saturated carbocycles. The number of hydrogen-bond donors (Lipinski definition) is 2. The molecule has 0 aliphatic carbocycles. The lowest BCUT2D eigenvalue weighted by Crippen LogP contribution is -2.28. The molecule has 0 aliphatic heterocycles. The van der Waals surface area contributed by atoms with Crippen LogP contribution in [0.25, 0.3) is 11.4 Å². The molecule has 5 nitrogen and oxygen atoms in total. The molecule has 0 aliphatic rings. The topological polar surface area (TPSA) is 63.0 Å². The molecule has 3 aromatic rings. The number of nitrogens with zero attached hydrogens (tertiary/aromatic N) is 2. The summed E-state index contributed by atoms with van der Waals surface area (Å²) in [5, 5.41) is 11.6. The molecular weight excluding hydrogens is 367 g/mol. The summed E-state index contributed by atoms with van der Waals surface area (Å²) in [6, 6.07) is 14.5.